The molecule has 1 heterocycles. The number of rotatable bonds is 3. The standard InChI is InChI=1S/C13H18N2O/c1-11-8-14-5-6-15(11)9-12-3-2-4-13(7-12)10-16/h2-4,7,10-11,14H,5-6,8-9H2,1H3. The molecule has 3 heteroatoms. The molecule has 1 unspecified atom stereocenters. The van der Waals surface area contributed by atoms with Crippen LogP contribution in [0.4, 0.5) is 0 Å². The van der Waals surface area contributed by atoms with Gasteiger partial charge in [-0.15, -0.1) is 0 Å². The summed E-state index contributed by atoms with van der Waals surface area (Å²) in [5.74, 6) is 0. The first kappa shape index (κ1) is 11.3. The fourth-order valence-electron chi connectivity index (χ4n) is 2.12. The van der Waals surface area contributed by atoms with E-state index in [1.165, 1.54) is 5.56 Å². The number of benzene rings is 1. The molecular formula is C13H18N2O. The highest BCUT2D eigenvalue weighted by atomic mass is 16.1. The van der Waals surface area contributed by atoms with Gasteiger partial charge in [-0.2, -0.15) is 0 Å². The zero-order valence-electron chi connectivity index (χ0n) is 9.65. The van der Waals surface area contributed by atoms with Crippen LogP contribution in [0.1, 0.15) is 22.8 Å². The Labute approximate surface area is 96.5 Å². The van der Waals surface area contributed by atoms with E-state index < -0.39 is 0 Å². The lowest BCUT2D eigenvalue weighted by atomic mass is 10.1. The quantitative estimate of drug-likeness (QED) is 0.776. The average molecular weight is 218 g/mol. The van der Waals surface area contributed by atoms with Gasteiger partial charge in [0.05, 0.1) is 0 Å². The van der Waals surface area contributed by atoms with Gasteiger partial charge in [-0.3, -0.25) is 9.69 Å². The molecule has 1 N–H and O–H groups in total. The smallest absolute Gasteiger partial charge is 0.150 e. The molecule has 0 spiro atoms. The van der Waals surface area contributed by atoms with E-state index in [9.17, 15) is 4.79 Å². The van der Waals surface area contributed by atoms with Crippen LogP contribution in [0.5, 0.6) is 0 Å². The molecule has 86 valence electrons. The third-order valence-corrected chi connectivity index (χ3v) is 3.11. The minimum absolute atomic E-state index is 0.564. The van der Waals surface area contributed by atoms with Gasteiger partial charge in [-0.1, -0.05) is 18.2 Å². The number of nitrogens with zero attached hydrogens (tertiary/aromatic N) is 1. The van der Waals surface area contributed by atoms with E-state index in [4.69, 9.17) is 0 Å². The molecule has 0 saturated carbocycles. The lowest BCUT2D eigenvalue weighted by Gasteiger charge is -2.33. The third kappa shape index (κ3) is 2.68. The van der Waals surface area contributed by atoms with Crippen molar-refractivity contribution in [3.05, 3.63) is 35.4 Å². The maximum Gasteiger partial charge on any atom is 0.150 e. The number of aldehydes is 1. The summed E-state index contributed by atoms with van der Waals surface area (Å²) in [6.45, 7) is 6.35. The van der Waals surface area contributed by atoms with E-state index >= 15 is 0 Å². The predicted octanol–water partition coefficient (Wildman–Crippen LogP) is 1.29. The molecule has 0 bridgehead atoms. The zero-order valence-corrected chi connectivity index (χ0v) is 9.65. The summed E-state index contributed by atoms with van der Waals surface area (Å²) in [5, 5.41) is 3.37. The Balaban J connectivity index is 2.04. The maximum atomic E-state index is 10.7. The Morgan fingerprint density at radius 3 is 3.19 bits per heavy atom. The fraction of sp³-hybridized carbons (Fsp3) is 0.462. The van der Waals surface area contributed by atoms with E-state index in [1.807, 2.05) is 18.2 Å². The largest absolute Gasteiger partial charge is 0.314 e. The molecule has 16 heavy (non-hydrogen) atoms. The minimum atomic E-state index is 0.564. The van der Waals surface area contributed by atoms with Gasteiger partial charge in [0.25, 0.3) is 0 Å². The number of hydrogen-bond donors (Lipinski definition) is 1. The van der Waals surface area contributed by atoms with Crippen LogP contribution in [0.25, 0.3) is 0 Å². The first-order valence-corrected chi connectivity index (χ1v) is 5.78. The van der Waals surface area contributed by atoms with Crippen LogP contribution in [0.2, 0.25) is 0 Å². The lowest BCUT2D eigenvalue weighted by Crippen LogP contribution is -2.49. The molecule has 2 rings (SSSR count). The molecule has 1 aromatic rings. The van der Waals surface area contributed by atoms with E-state index in [-0.39, 0.29) is 0 Å². The van der Waals surface area contributed by atoms with Gasteiger partial charge >= 0.3 is 0 Å². The maximum absolute atomic E-state index is 10.7. The number of nitrogens with one attached hydrogen (secondary N) is 1. The molecule has 0 radical (unpaired) electrons. The zero-order chi connectivity index (χ0) is 11.4. The van der Waals surface area contributed by atoms with Crippen LogP contribution in [0.15, 0.2) is 24.3 Å². The van der Waals surface area contributed by atoms with Gasteiger partial charge in [0, 0.05) is 37.8 Å². The molecule has 1 saturated heterocycles. The van der Waals surface area contributed by atoms with E-state index in [2.05, 4.69) is 23.2 Å². The van der Waals surface area contributed by atoms with Crippen LogP contribution in [0.3, 0.4) is 0 Å². The van der Waals surface area contributed by atoms with Crippen molar-refractivity contribution in [2.45, 2.75) is 19.5 Å². The number of hydrogen-bond acceptors (Lipinski definition) is 3. The highest BCUT2D eigenvalue weighted by Gasteiger charge is 2.17. The van der Waals surface area contributed by atoms with Crippen molar-refractivity contribution >= 4 is 6.29 Å². The molecular weight excluding hydrogens is 200 g/mol. The SMILES string of the molecule is CC1CNCCN1Cc1cccc(C=O)c1. The summed E-state index contributed by atoms with van der Waals surface area (Å²) in [6, 6.07) is 8.42. The normalized spacial score (nSPS) is 21.9. The van der Waals surface area contributed by atoms with Gasteiger partial charge in [0.2, 0.25) is 0 Å². The van der Waals surface area contributed by atoms with Crippen molar-refractivity contribution < 1.29 is 4.79 Å². The number of carbonyl (C=O) groups excluding carboxylic acids is 1. The summed E-state index contributed by atoms with van der Waals surface area (Å²) >= 11 is 0. The average Bonchev–Trinajstić information content (AvgIpc) is 2.32. The van der Waals surface area contributed by atoms with Gasteiger partial charge in [0.1, 0.15) is 6.29 Å². The summed E-state index contributed by atoms with van der Waals surface area (Å²) in [4.78, 5) is 13.1. The topological polar surface area (TPSA) is 32.3 Å². The van der Waals surface area contributed by atoms with Crippen molar-refractivity contribution in [1.29, 1.82) is 0 Å². The number of carbonyl (C=O) groups is 1. The van der Waals surface area contributed by atoms with Crippen LogP contribution in [0, 0.1) is 0 Å². The number of piperazine rings is 1. The second-order valence-corrected chi connectivity index (χ2v) is 4.39. The first-order valence-electron chi connectivity index (χ1n) is 5.78. The first-order chi connectivity index (χ1) is 7.79. The van der Waals surface area contributed by atoms with E-state index in [0.717, 1.165) is 38.0 Å². The third-order valence-electron chi connectivity index (χ3n) is 3.11. The van der Waals surface area contributed by atoms with Gasteiger partial charge in [-0.05, 0) is 18.6 Å². The van der Waals surface area contributed by atoms with Gasteiger partial charge in [-0.25, -0.2) is 0 Å². The van der Waals surface area contributed by atoms with Crippen molar-refractivity contribution in [3.8, 4) is 0 Å². The van der Waals surface area contributed by atoms with Gasteiger partial charge < -0.3 is 5.32 Å². The van der Waals surface area contributed by atoms with Crippen molar-refractivity contribution in [2.24, 2.45) is 0 Å². The van der Waals surface area contributed by atoms with Crippen molar-refractivity contribution in [2.75, 3.05) is 19.6 Å². The summed E-state index contributed by atoms with van der Waals surface area (Å²) in [6.07, 6.45) is 0.907. The van der Waals surface area contributed by atoms with E-state index in [0.29, 0.717) is 6.04 Å². The second kappa shape index (κ2) is 5.23. The van der Waals surface area contributed by atoms with E-state index in [1.54, 1.807) is 0 Å². The monoisotopic (exact) mass is 218 g/mol. The Kier molecular flexibility index (Phi) is 3.70. The van der Waals surface area contributed by atoms with Crippen LogP contribution in [-0.4, -0.2) is 36.9 Å². The molecule has 1 aromatic carbocycles. The molecule has 0 amide bonds. The molecule has 0 aliphatic carbocycles. The minimum Gasteiger partial charge on any atom is -0.314 e. The van der Waals surface area contributed by atoms with Gasteiger partial charge in [0.15, 0.2) is 0 Å². The fourth-order valence-corrected chi connectivity index (χ4v) is 2.12. The molecule has 3 nitrogen and oxygen atoms in total. The Morgan fingerprint density at radius 2 is 2.44 bits per heavy atom. The summed E-state index contributed by atoms with van der Waals surface area (Å²) < 4.78 is 0. The van der Waals surface area contributed by atoms with Crippen LogP contribution < -0.4 is 5.32 Å². The Morgan fingerprint density at radius 1 is 1.56 bits per heavy atom. The second-order valence-electron chi connectivity index (χ2n) is 4.39. The summed E-state index contributed by atoms with van der Waals surface area (Å²) in [7, 11) is 0. The lowest BCUT2D eigenvalue weighted by molar-refractivity contribution is 0.112. The Bertz CT molecular complexity index is 365. The Hall–Kier alpha value is -1.19. The van der Waals surface area contributed by atoms with Crippen LogP contribution in [-0.2, 0) is 6.54 Å². The molecule has 1 atom stereocenters. The molecule has 1 aliphatic heterocycles. The predicted molar refractivity (Wildman–Crippen MR) is 64.6 cm³/mol. The molecule has 0 aromatic heterocycles. The molecule has 1 aliphatic rings. The summed E-state index contributed by atoms with van der Waals surface area (Å²) in [5.41, 5.74) is 1.98. The van der Waals surface area contributed by atoms with Crippen molar-refractivity contribution in [3.63, 3.8) is 0 Å². The highest BCUT2D eigenvalue weighted by molar-refractivity contribution is 5.74. The molecule has 1 fully saturated rings. The van der Waals surface area contributed by atoms with Crippen molar-refractivity contribution in [1.82, 2.24) is 10.2 Å². The van der Waals surface area contributed by atoms with Crippen LogP contribution >= 0.6 is 0 Å². The highest BCUT2D eigenvalue weighted by Crippen LogP contribution is 2.11.